The van der Waals surface area contributed by atoms with Gasteiger partial charge in [-0.05, 0) is 55.8 Å². The van der Waals surface area contributed by atoms with E-state index in [1.165, 1.54) is 24.8 Å². The van der Waals surface area contributed by atoms with E-state index in [0.29, 0.717) is 17.1 Å². The number of ether oxygens (including phenoxy) is 2. The zero-order valence-corrected chi connectivity index (χ0v) is 16.2. The van der Waals surface area contributed by atoms with Crippen molar-refractivity contribution in [3.63, 3.8) is 0 Å². The maximum Gasteiger partial charge on any atom is 0.283 e. The Morgan fingerprint density at radius 2 is 1.66 bits per heavy atom. The van der Waals surface area contributed by atoms with Gasteiger partial charge in [-0.1, -0.05) is 30.7 Å². The molecule has 2 aromatic rings. The van der Waals surface area contributed by atoms with Gasteiger partial charge >= 0.3 is 0 Å². The Morgan fingerprint density at radius 3 is 2.41 bits per heavy atom. The molecule has 1 saturated heterocycles. The average Bonchev–Trinajstić information content (AvgIpc) is 2.78. The van der Waals surface area contributed by atoms with Crippen LogP contribution in [0.5, 0.6) is 11.5 Å². The van der Waals surface area contributed by atoms with Crippen molar-refractivity contribution in [3.05, 3.63) is 59.7 Å². The summed E-state index contributed by atoms with van der Waals surface area (Å²) in [5, 5.41) is 0. The largest absolute Gasteiger partial charge is 0.485 e. The van der Waals surface area contributed by atoms with E-state index in [9.17, 15) is 9.59 Å². The highest BCUT2D eigenvalue weighted by molar-refractivity contribution is 5.95. The molecule has 0 bridgehead atoms. The van der Waals surface area contributed by atoms with Crippen LogP contribution in [0.2, 0.25) is 0 Å². The number of likely N-dealkylation sites (tertiary alicyclic amines) is 1. The van der Waals surface area contributed by atoms with Gasteiger partial charge in [-0.25, -0.2) is 0 Å². The van der Waals surface area contributed by atoms with Gasteiger partial charge in [0, 0.05) is 12.1 Å². The number of benzene rings is 2. The maximum absolute atomic E-state index is 12.3. The van der Waals surface area contributed by atoms with Gasteiger partial charge in [0.25, 0.3) is 11.8 Å². The summed E-state index contributed by atoms with van der Waals surface area (Å²) in [6, 6.07) is 14.6. The highest BCUT2D eigenvalue weighted by atomic mass is 16.6. The molecule has 0 unspecified atom stereocenters. The van der Waals surface area contributed by atoms with Crippen molar-refractivity contribution in [2.24, 2.45) is 0 Å². The minimum absolute atomic E-state index is 0.0872. The van der Waals surface area contributed by atoms with E-state index in [0.717, 1.165) is 19.6 Å². The monoisotopic (exact) mass is 395 g/mol. The standard InChI is InChI=1S/C22H25N3O4/c26-21(17-10-8-16(9-11-17)14-25-12-4-1-5-13-25)23-24-22(27)20-15-28-18-6-2-3-7-19(18)29-20/h2-3,6-11,20H,1,4-5,12-15H2,(H,23,26)(H,24,27)/t20-/m0/s1. The van der Waals surface area contributed by atoms with E-state index < -0.39 is 12.0 Å². The minimum atomic E-state index is -0.822. The van der Waals surface area contributed by atoms with E-state index in [1.807, 2.05) is 18.2 Å². The summed E-state index contributed by atoms with van der Waals surface area (Å²) in [6.07, 6.45) is 2.99. The molecule has 0 radical (unpaired) electrons. The number of piperidine rings is 1. The number of nitrogens with zero attached hydrogens (tertiary/aromatic N) is 1. The van der Waals surface area contributed by atoms with Crippen molar-refractivity contribution in [3.8, 4) is 11.5 Å². The molecule has 0 spiro atoms. The quantitative estimate of drug-likeness (QED) is 0.777. The summed E-state index contributed by atoms with van der Waals surface area (Å²) < 4.78 is 11.1. The van der Waals surface area contributed by atoms with Gasteiger partial charge < -0.3 is 9.47 Å². The first kappa shape index (κ1) is 19.3. The fourth-order valence-electron chi connectivity index (χ4n) is 3.56. The third kappa shape index (κ3) is 4.86. The first-order chi connectivity index (χ1) is 14.2. The Hall–Kier alpha value is -3.06. The zero-order valence-electron chi connectivity index (χ0n) is 16.2. The predicted molar refractivity (Wildman–Crippen MR) is 108 cm³/mol. The molecule has 2 amide bonds. The van der Waals surface area contributed by atoms with Crippen LogP contribution in [0, 0.1) is 0 Å². The molecule has 1 atom stereocenters. The molecule has 1 fully saturated rings. The first-order valence-electron chi connectivity index (χ1n) is 9.99. The SMILES string of the molecule is O=C(NNC(=O)[C@@H]1COc2ccccc2O1)c1ccc(CN2CCCCC2)cc1. The molecule has 7 nitrogen and oxygen atoms in total. The van der Waals surface area contributed by atoms with E-state index in [-0.39, 0.29) is 12.5 Å². The van der Waals surface area contributed by atoms with Crippen molar-refractivity contribution in [1.82, 2.24) is 15.8 Å². The van der Waals surface area contributed by atoms with E-state index in [1.54, 1.807) is 30.3 Å². The van der Waals surface area contributed by atoms with Crippen molar-refractivity contribution in [2.45, 2.75) is 31.9 Å². The molecule has 4 rings (SSSR count). The van der Waals surface area contributed by atoms with Crippen LogP contribution in [0.4, 0.5) is 0 Å². The maximum atomic E-state index is 12.3. The Labute approximate surface area is 170 Å². The molecular weight excluding hydrogens is 370 g/mol. The van der Waals surface area contributed by atoms with Gasteiger partial charge in [0.2, 0.25) is 6.10 Å². The second kappa shape index (κ2) is 8.96. The van der Waals surface area contributed by atoms with Crippen LogP contribution in [0.1, 0.15) is 35.2 Å². The Bertz CT molecular complexity index is 863. The Kier molecular flexibility index (Phi) is 5.95. The fourth-order valence-corrected chi connectivity index (χ4v) is 3.56. The van der Waals surface area contributed by atoms with Gasteiger partial charge in [-0.3, -0.25) is 25.3 Å². The van der Waals surface area contributed by atoms with Crippen molar-refractivity contribution < 1.29 is 19.1 Å². The third-order valence-electron chi connectivity index (χ3n) is 5.17. The van der Waals surface area contributed by atoms with Crippen LogP contribution in [0.15, 0.2) is 48.5 Å². The number of amides is 2. The van der Waals surface area contributed by atoms with Gasteiger partial charge in [-0.15, -0.1) is 0 Å². The third-order valence-corrected chi connectivity index (χ3v) is 5.17. The van der Waals surface area contributed by atoms with Gasteiger partial charge in [0.05, 0.1) is 0 Å². The van der Waals surface area contributed by atoms with Crippen LogP contribution >= 0.6 is 0 Å². The summed E-state index contributed by atoms with van der Waals surface area (Å²) >= 11 is 0. The zero-order chi connectivity index (χ0) is 20.1. The number of para-hydroxylation sites is 2. The highest BCUT2D eigenvalue weighted by Crippen LogP contribution is 2.30. The molecule has 2 aliphatic rings. The van der Waals surface area contributed by atoms with Gasteiger partial charge in [0.15, 0.2) is 11.5 Å². The predicted octanol–water partition coefficient (Wildman–Crippen LogP) is 2.27. The van der Waals surface area contributed by atoms with Crippen molar-refractivity contribution in [1.29, 1.82) is 0 Å². The van der Waals surface area contributed by atoms with Crippen LogP contribution in [0.25, 0.3) is 0 Å². The summed E-state index contributed by atoms with van der Waals surface area (Å²) in [6.45, 7) is 3.25. The topological polar surface area (TPSA) is 79.9 Å². The number of hydrogen-bond donors (Lipinski definition) is 2. The molecule has 7 heteroatoms. The summed E-state index contributed by atoms with van der Waals surface area (Å²) in [5.74, 6) is 0.273. The number of nitrogens with one attached hydrogen (secondary N) is 2. The molecular formula is C22H25N3O4. The van der Waals surface area contributed by atoms with Crippen LogP contribution in [0.3, 0.4) is 0 Å². The molecule has 0 aromatic heterocycles. The lowest BCUT2D eigenvalue weighted by Crippen LogP contribution is -2.50. The normalized spacial score (nSPS) is 18.7. The summed E-state index contributed by atoms with van der Waals surface area (Å²) in [4.78, 5) is 27.0. The summed E-state index contributed by atoms with van der Waals surface area (Å²) in [5.41, 5.74) is 6.51. The van der Waals surface area contributed by atoms with Crippen LogP contribution in [-0.4, -0.2) is 42.5 Å². The van der Waals surface area contributed by atoms with Gasteiger partial charge in [-0.2, -0.15) is 0 Å². The molecule has 2 N–H and O–H groups in total. The number of carbonyl (C=O) groups excluding carboxylic acids is 2. The van der Waals surface area contributed by atoms with Crippen molar-refractivity contribution in [2.75, 3.05) is 19.7 Å². The number of hydrazine groups is 1. The second-order valence-corrected chi connectivity index (χ2v) is 7.34. The molecule has 2 heterocycles. The lowest BCUT2D eigenvalue weighted by Gasteiger charge is -2.26. The second-order valence-electron chi connectivity index (χ2n) is 7.34. The Morgan fingerprint density at radius 1 is 0.931 bits per heavy atom. The lowest BCUT2D eigenvalue weighted by atomic mass is 10.1. The van der Waals surface area contributed by atoms with Crippen molar-refractivity contribution >= 4 is 11.8 Å². The van der Waals surface area contributed by atoms with Crippen LogP contribution < -0.4 is 20.3 Å². The first-order valence-corrected chi connectivity index (χ1v) is 9.99. The van der Waals surface area contributed by atoms with Crippen LogP contribution in [-0.2, 0) is 11.3 Å². The minimum Gasteiger partial charge on any atom is -0.485 e. The number of fused-ring (bicyclic) bond motifs is 1. The smallest absolute Gasteiger partial charge is 0.283 e. The van der Waals surface area contributed by atoms with Gasteiger partial charge in [0.1, 0.15) is 6.61 Å². The number of hydrogen-bond acceptors (Lipinski definition) is 5. The number of rotatable bonds is 4. The average molecular weight is 395 g/mol. The summed E-state index contributed by atoms with van der Waals surface area (Å²) in [7, 11) is 0. The molecule has 29 heavy (non-hydrogen) atoms. The fraction of sp³-hybridized carbons (Fsp3) is 0.364. The molecule has 152 valence electrons. The molecule has 0 saturated carbocycles. The molecule has 0 aliphatic carbocycles. The molecule has 2 aromatic carbocycles. The number of carbonyl (C=O) groups is 2. The van der Waals surface area contributed by atoms with E-state index >= 15 is 0 Å². The van der Waals surface area contributed by atoms with E-state index in [4.69, 9.17) is 9.47 Å². The highest BCUT2D eigenvalue weighted by Gasteiger charge is 2.27. The molecule has 2 aliphatic heterocycles. The lowest BCUT2D eigenvalue weighted by molar-refractivity contribution is -0.131. The Balaban J connectivity index is 1.26. The van der Waals surface area contributed by atoms with E-state index in [2.05, 4.69) is 15.8 Å².